The van der Waals surface area contributed by atoms with Gasteiger partial charge in [0.2, 0.25) is 0 Å². The molecule has 8 heteroatoms. The molecule has 0 aliphatic rings. The highest BCUT2D eigenvalue weighted by Crippen LogP contribution is 2.20. The molecular weight excluding hydrogens is 412 g/mol. The second kappa shape index (κ2) is 13.1. The number of hydrogen-bond donors (Lipinski definition) is 2. The van der Waals surface area contributed by atoms with Gasteiger partial charge in [-0.1, -0.05) is 26.0 Å². The lowest BCUT2D eigenvalue weighted by atomic mass is 9.91. The number of ether oxygens (including phenoxy) is 3. The number of alkyl carbamates (subject to hydrolysis) is 1. The summed E-state index contributed by atoms with van der Waals surface area (Å²) < 4.78 is 16.1. The minimum atomic E-state index is -1.28. The molecule has 32 heavy (non-hydrogen) atoms. The van der Waals surface area contributed by atoms with Crippen LogP contribution in [0, 0.1) is 5.92 Å². The molecule has 2 amide bonds. The van der Waals surface area contributed by atoms with E-state index in [1.807, 2.05) is 13.8 Å². The van der Waals surface area contributed by atoms with Crippen molar-refractivity contribution < 1.29 is 28.6 Å². The van der Waals surface area contributed by atoms with Gasteiger partial charge in [0.05, 0.1) is 12.2 Å². The zero-order valence-electron chi connectivity index (χ0n) is 20.2. The molecule has 0 aliphatic carbocycles. The Labute approximate surface area is 191 Å². The highest BCUT2D eigenvalue weighted by Gasteiger charge is 2.34. The number of para-hydroxylation sites is 1. The molecular formula is C24H38N2O6. The number of nitrogens with one attached hydrogen (secondary N) is 2. The molecule has 0 bridgehead atoms. The van der Waals surface area contributed by atoms with Crippen molar-refractivity contribution in [1.82, 2.24) is 10.6 Å². The van der Waals surface area contributed by atoms with E-state index in [0.29, 0.717) is 56.0 Å². The number of carbonyl (C=O) groups excluding carboxylic acids is 3. The van der Waals surface area contributed by atoms with Gasteiger partial charge in [-0.2, -0.15) is 0 Å². The Bertz CT molecular complexity index is 744. The number of rotatable bonds is 13. The molecule has 0 saturated heterocycles. The molecule has 180 valence electrons. The van der Waals surface area contributed by atoms with Gasteiger partial charge in [-0.3, -0.25) is 4.79 Å². The van der Waals surface area contributed by atoms with E-state index in [0.717, 1.165) is 0 Å². The Balaban J connectivity index is 2.93. The van der Waals surface area contributed by atoms with E-state index in [1.165, 1.54) is 0 Å². The average Bonchev–Trinajstić information content (AvgIpc) is 2.72. The molecule has 0 fully saturated rings. The normalized spacial score (nSPS) is 13.2. The topological polar surface area (TPSA) is 103 Å². The van der Waals surface area contributed by atoms with Crippen LogP contribution in [-0.4, -0.2) is 56.3 Å². The third-order valence-electron chi connectivity index (χ3n) is 4.59. The van der Waals surface area contributed by atoms with Crippen LogP contribution in [0.25, 0.3) is 0 Å². The lowest BCUT2D eigenvalue weighted by Gasteiger charge is -2.31. The van der Waals surface area contributed by atoms with Crippen LogP contribution in [0.15, 0.2) is 24.3 Å². The van der Waals surface area contributed by atoms with Gasteiger partial charge >= 0.3 is 6.09 Å². The van der Waals surface area contributed by atoms with Crippen LogP contribution in [0.1, 0.15) is 64.2 Å². The maximum absolute atomic E-state index is 12.9. The molecule has 0 spiro atoms. The maximum Gasteiger partial charge on any atom is 0.408 e. The highest BCUT2D eigenvalue weighted by atomic mass is 16.6. The monoisotopic (exact) mass is 450 g/mol. The Morgan fingerprint density at radius 3 is 2.41 bits per heavy atom. The molecule has 1 atom stereocenters. The summed E-state index contributed by atoms with van der Waals surface area (Å²) in [4.78, 5) is 37.4. The van der Waals surface area contributed by atoms with E-state index in [9.17, 15) is 14.4 Å². The van der Waals surface area contributed by atoms with Crippen LogP contribution in [0.3, 0.4) is 0 Å². The Morgan fingerprint density at radius 1 is 1.12 bits per heavy atom. The molecule has 0 radical (unpaired) electrons. The standard InChI is InChI=1S/C24H38N2O6/c1-18(2)12-13-24(17-27,26-22(29)32-23(3,4)5)16-25-21(28)19-10-7-8-11-20(19)31-15-9-14-30-6/h7-8,10-11,17-18H,9,12-16H2,1-6H3,(H,25,28)(H,26,29)/t24-/m0/s1. The first-order chi connectivity index (χ1) is 15.0. The summed E-state index contributed by atoms with van der Waals surface area (Å²) >= 11 is 0. The van der Waals surface area contributed by atoms with Crippen molar-refractivity contribution in [3.05, 3.63) is 29.8 Å². The number of methoxy groups -OCH3 is 1. The lowest BCUT2D eigenvalue weighted by molar-refractivity contribution is -0.113. The van der Waals surface area contributed by atoms with E-state index < -0.39 is 23.1 Å². The van der Waals surface area contributed by atoms with Crippen molar-refractivity contribution in [1.29, 1.82) is 0 Å². The Morgan fingerprint density at radius 2 is 1.81 bits per heavy atom. The first kappa shape index (κ1) is 27.4. The Kier molecular flexibility index (Phi) is 11.2. The summed E-state index contributed by atoms with van der Waals surface area (Å²) in [5.74, 6) is 0.362. The van der Waals surface area contributed by atoms with Gasteiger partial charge in [-0.15, -0.1) is 0 Å². The fraction of sp³-hybridized carbons (Fsp3) is 0.625. The summed E-state index contributed by atoms with van der Waals surface area (Å²) in [6.07, 6.45) is 1.71. The number of aldehydes is 1. The third kappa shape index (κ3) is 10.1. The van der Waals surface area contributed by atoms with Gasteiger partial charge in [0, 0.05) is 26.7 Å². The molecule has 0 heterocycles. The molecule has 1 rings (SSSR count). The molecule has 8 nitrogen and oxygen atoms in total. The van der Waals surface area contributed by atoms with Crippen molar-refractivity contribution in [3.63, 3.8) is 0 Å². The van der Waals surface area contributed by atoms with Crippen molar-refractivity contribution in [2.24, 2.45) is 5.92 Å². The quantitative estimate of drug-likeness (QED) is 0.351. The van der Waals surface area contributed by atoms with E-state index >= 15 is 0 Å². The van der Waals surface area contributed by atoms with Crippen LogP contribution in [-0.2, 0) is 14.3 Å². The summed E-state index contributed by atoms with van der Waals surface area (Å²) in [5.41, 5.74) is -1.64. The minimum Gasteiger partial charge on any atom is -0.493 e. The van der Waals surface area contributed by atoms with Gasteiger partial charge < -0.3 is 29.6 Å². The lowest BCUT2D eigenvalue weighted by Crippen LogP contribution is -2.58. The average molecular weight is 451 g/mol. The fourth-order valence-electron chi connectivity index (χ4n) is 2.88. The van der Waals surface area contributed by atoms with Crippen molar-refractivity contribution in [2.75, 3.05) is 26.9 Å². The fourth-order valence-corrected chi connectivity index (χ4v) is 2.88. The number of amides is 2. The first-order valence-corrected chi connectivity index (χ1v) is 11.0. The molecule has 0 aromatic heterocycles. The van der Waals surface area contributed by atoms with Crippen molar-refractivity contribution in [2.45, 2.75) is 65.0 Å². The molecule has 0 unspecified atom stereocenters. The number of hydrogen-bond acceptors (Lipinski definition) is 6. The first-order valence-electron chi connectivity index (χ1n) is 11.0. The second-order valence-corrected chi connectivity index (χ2v) is 9.21. The maximum atomic E-state index is 12.9. The molecule has 1 aromatic rings. The van der Waals surface area contributed by atoms with Gasteiger partial charge in [-0.05, 0) is 51.7 Å². The number of benzene rings is 1. The van der Waals surface area contributed by atoms with Gasteiger partial charge in [0.1, 0.15) is 23.2 Å². The predicted molar refractivity (Wildman–Crippen MR) is 123 cm³/mol. The van der Waals surface area contributed by atoms with Crippen LogP contribution in [0.2, 0.25) is 0 Å². The molecule has 0 saturated carbocycles. The largest absolute Gasteiger partial charge is 0.493 e. The summed E-state index contributed by atoms with van der Waals surface area (Å²) in [5, 5.41) is 5.45. The van der Waals surface area contributed by atoms with Crippen LogP contribution in [0.4, 0.5) is 4.79 Å². The minimum absolute atomic E-state index is 0.0701. The van der Waals surface area contributed by atoms with Crippen LogP contribution in [0.5, 0.6) is 5.75 Å². The van der Waals surface area contributed by atoms with Crippen molar-refractivity contribution in [3.8, 4) is 5.75 Å². The van der Waals surface area contributed by atoms with Crippen LogP contribution < -0.4 is 15.4 Å². The van der Waals surface area contributed by atoms with E-state index in [2.05, 4.69) is 10.6 Å². The highest BCUT2D eigenvalue weighted by molar-refractivity contribution is 5.97. The Hall–Kier alpha value is -2.61. The third-order valence-corrected chi connectivity index (χ3v) is 4.59. The van der Waals surface area contributed by atoms with E-state index in [1.54, 1.807) is 52.1 Å². The van der Waals surface area contributed by atoms with Gasteiger partial charge in [-0.25, -0.2) is 4.79 Å². The van der Waals surface area contributed by atoms with E-state index in [-0.39, 0.29) is 6.54 Å². The van der Waals surface area contributed by atoms with Crippen LogP contribution >= 0.6 is 0 Å². The zero-order valence-corrected chi connectivity index (χ0v) is 20.2. The molecule has 1 aromatic carbocycles. The summed E-state index contributed by atoms with van der Waals surface area (Å²) in [7, 11) is 1.62. The van der Waals surface area contributed by atoms with Gasteiger partial charge in [0.25, 0.3) is 5.91 Å². The predicted octanol–water partition coefficient (Wildman–Crippen LogP) is 3.73. The molecule has 2 N–H and O–H groups in total. The second-order valence-electron chi connectivity index (χ2n) is 9.21. The van der Waals surface area contributed by atoms with Gasteiger partial charge in [0.15, 0.2) is 0 Å². The SMILES string of the molecule is COCCCOc1ccccc1C(=O)NC[C@](C=O)(CCC(C)C)NC(=O)OC(C)(C)C. The molecule has 0 aliphatic heterocycles. The van der Waals surface area contributed by atoms with Crippen molar-refractivity contribution >= 4 is 18.3 Å². The summed E-state index contributed by atoms with van der Waals surface area (Å²) in [6, 6.07) is 6.89. The summed E-state index contributed by atoms with van der Waals surface area (Å²) in [6.45, 7) is 10.2. The number of carbonyl (C=O) groups is 3. The smallest absolute Gasteiger partial charge is 0.408 e. The van der Waals surface area contributed by atoms with E-state index in [4.69, 9.17) is 14.2 Å². The zero-order chi connectivity index (χ0) is 24.2.